The molecule has 7 heteroatoms. The monoisotopic (exact) mass is 346 g/mol. The number of hydrogen-bond donors (Lipinski definition) is 2. The summed E-state index contributed by atoms with van der Waals surface area (Å²) in [5, 5.41) is 12.6. The summed E-state index contributed by atoms with van der Waals surface area (Å²) < 4.78 is 18.1. The van der Waals surface area contributed by atoms with Gasteiger partial charge < -0.3 is 19.7 Å². The van der Waals surface area contributed by atoms with Gasteiger partial charge in [-0.1, -0.05) is 0 Å². The van der Waals surface area contributed by atoms with Crippen LogP contribution in [0.3, 0.4) is 0 Å². The Morgan fingerprint density at radius 3 is 2.80 bits per heavy atom. The van der Waals surface area contributed by atoms with E-state index in [-0.39, 0.29) is 37.1 Å². The molecule has 1 aliphatic rings. The standard InChI is InChI=1S/C18H19FN2O4/c19-13-3-5-14(6-4-13)21-11-12(10-17(21)23)18(24)20-8-7-15(22)16-2-1-9-25-16/h1-6,9,12,15,22H,7-8,10-11H2,(H,20,24)/t12-,15-/m1/s1. The first-order valence-corrected chi connectivity index (χ1v) is 8.09. The Morgan fingerprint density at radius 1 is 1.36 bits per heavy atom. The normalized spacial score (nSPS) is 18.4. The highest BCUT2D eigenvalue weighted by molar-refractivity contribution is 6.00. The molecule has 2 atom stereocenters. The maximum atomic E-state index is 13.0. The number of nitrogens with zero attached hydrogens (tertiary/aromatic N) is 1. The van der Waals surface area contributed by atoms with Gasteiger partial charge in [-0.25, -0.2) is 4.39 Å². The highest BCUT2D eigenvalue weighted by Gasteiger charge is 2.35. The molecule has 0 spiro atoms. The summed E-state index contributed by atoms with van der Waals surface area (Å²) in [5.74, 6) is -0.780. The fraction of sp³-hybridized carbons (Fsp3) is 0.333. The van der Waals surface area contributed by atoms with Crippen LogP contribution in [-0.2, 0) is 9.59 Å². The van der Waals surface area contributed by atoms with Gasteiger partial charge >= 0.3 is 0 Å². The van der Waals surface area contributed by atoms with Gasteiger partial charge in [-0.3, -0.25) is 9.59 Å². The van der Waals surface area contributed by atoms with Gasteiger partial charge in [-0.2, -0.15) is 0 Å². The summed E-state index contributed by atoms with van der Waals surface area (Å²) in [6.07, 6.45) is 1.13. The molecule has 0 radical (unpaired) electrons. The van der Waals surface area contributed by atoms with Crippen molar-refractivity contribution in [1.29, 1.82) is 0 Å². The molecule has 1 aromatic heterocycles. The molecule has 25 heavy (non-hydrogen) atoms. The maximum absolute atomic E-state index is 13.0. The van der Waals surface area contributed by atoms with E-state index >= 15 is 0 Å². The molecule has 0 bridgehead atoms. The first kappa shape index (κ1) is 17.2. The molecule has 0 saturated carbocycles. The highest BCUT2D eigenvalue weighted by atomic mass is 19.1. The van der Waals surface area contributed by atoms with Crippen molar-refractivity contribution in [2.75, 3.05) is 18.0 Å². The Kier molecular flexibility index (Phi) is 5.14. The second kappa shape index (κ2) is 7.48. The number of benzene rings is 1. The summed E-state index contributed by atoms with van der Waals surface area (Å²) in [6.45, 7) is 0.541. The number of nitrogens with one attached hydrogen (secondary N) is 1. The van der Waals surface area contributed by atoms with Gasteiger partial charge in [0, 0.05) is 25.2 Å². The smallest absolute Gasteiger partial charge is 0.227 e. The minimum atomic E-state index is -0.781. The minimum absolute atomic E-state index is 0.115. The molecule has 3 rings (SSSR count). The van der Waals surface area contributed by atoms with Crippen molar-refractivity contribution in [2.45, 2.75) is 18.9 Å². The molecular weight excluding hydrogens is 327 g/mol. The second-order valence-corrected chi connectivity index (χ2v) is 5.99. The van der Waals surface area contributed by atoms with Gasteiger partial charge in [0.05, 0.1) is 12.2 Å². The quantitative estimate of drug-likeness (QED) is 0.838. The lowest BCUT2D eigenvalue weighted by Gasteiger charge is -2.17. The number of carbonyl (C=O) groups is 2. The number of halogens is 1. The summed E-state index contributed by atoms with van der Waals surface area (Å²) in [5.41, 5.74) is 0.579. The lowest BCUT2D eigenvalue weighted by molar-refractivity contribution is -0.126. The van der Waals surface area contributed by atoms with Crippen LogP contribution in [0, 0.1) is 11.7 Å². The molecular formula is C18H19FN2O4. The van der Waals surface area contributed by atoms with Crippen molar-refractivity contribution in [2.24, 2.45) is 5.92 Å². The number of amides is 2. The second-order valence-electron chi connectivity index (χ2n) is 5.99. The van der Waals surface area contributed by atoms with E-state index in [1.54, 1.807) is 12.1 Å². The van der Waals surface area contributed by atoms with E-state index in [0.29, 0.717) is 17.9 Å². The molecule has 2 N–H and O–H groups in total. The van der Waals surface area contributed by atoms with Crippen molar-refractivity contribution >= 4 is 17.5 Å². The maximum Gasteiger partial charge on any atom is 0.227 e. The summed E-state index contributed by atoms with van der Waals surface area (Å²) in [4.78, 5) is 25.8. The van der Waals surface area contributed by atoms with Crippen molar-refractivity contribution in [3.63, 3.8) is 0 Å². The zero-order valence-electron chi connectivity index (χ0n) is 13.5. The van der Waals surface area contributed by atoms with Crippen LogP contribution in [0.25, 0.3) is 0 Å². The van der Waals surface area contributed by atoms with E-state index in [1.165, 1.54) is 35.4 Å². The van der Waals surface area contributed by atoms with Crippen molar-refractivity contribution in [1.82, 2.24) is 5.32 Å². The molecule has 2 heterocycles. The SMILES string of the molecule is O=C(NCC[C@@H](O)c1ccco1)[C@@H]1CC(=O)N(c2ccc(F)cc2)C1. The minimum Gasteiger partial charge on any atom is -0.467 e. The summed E-state index contributed by atoms with van der Waals surface area (Å²) in [7, 11) is 0. The first-order valence-electron chi connectivity index (χ1n) is 8.09. The number of anilines is 1. The van der Waals surface area contributed by atoms with Gasteiger partial charge in [0.2, 0.25) is 11.8 Å². The third-order valence-electron chi connectivity index (χ3n) is 4.22. The van der Waals surface area contributed by atoms with Gasteiger partial charge in [0.25, 0.3) is 0 Å². The van der Waals surface area contributed by atoms with Crippen LogP contribution in [-0.4, -0.2) is 30.0 Å². The zero-order chi connectivity index (χ0) is 17.8. The molecule has 1 saturated heterocycles. The molecule has 1 aliphatic heterocycles. The molecule has 6 nitrogen and oxygen atoms in total. The molecule has 0 unspecified atom stereocenters. The molecule has 132 valence electrons. The van der Waals surface area contributed by atoms with Gasteiger partial charge in [0.1, 0.15) is 17.7 Å². The molecule has 2 amide bonds. The Bertz CT molecular complexity index is 730. The van der Waals surface area contributed by atoms with E-state index in [4.69, 9.17) is 4.42 Å². The van der Waals surface area contributed by atoms with Crippen LogP contribution in [0.2, 0.25) is 0 Å². The Labute approximate surface area is 144 Å². The lowest BCUT2D eigenvalue weighted by Crippen LogP contribution is -2.34. The van der Waals surface area contributed by atoms with E-state index in [1.807, 2.05) is 0 Å². The van der Waals surface area contributed by atoms with E-state index < -0.39 is 12.0 Å². The third-order valence-corrected chi connectivity index (χ3v) is 4.22. The number of furan rings is 1. The fourth-order valence-electron chi connectivity index (χ4n) is 2.85. The number of rotatable bonds is 6. The summed E-state index contributed by atoms with van der Waals surface area (Å²) >= 11 is 0. The molecule has 2 aromatic rings. The molecule has 1 fully saturated rings. The van der Waals surface area contributed by atoms with Crippen LogP contribution < -0.4 is 10.2 Å². The molecule has 0 aliphatic carbocycles. The number of aliphatic hydroxyl groups is 1. The van der Waals surface area contributed by atoms with Gasteiger partial charge in [-0.15, -0.1) is 0 Å². The average Bonchev–Trinajstić information content (AvgIpc) is 3.25. The first-order chi connectivity index (χ1) is 12.0. The largest absolute Gasteiger partial charge is 0.467 e. The van der Waals surface area contributed by atoms with E-state index in [9.17, 15) is 19.1 Å². The van der Waals surface area contributed by atoms with Gasteiger partial charge in [-0.05, 0) is 42.8 Å². The Morgan fingerprint density at radius 2 is 2.12 bits per heavy atom. The van der Waals surface area contributed by atoms with Crippen LogP contribution in [0.15, 0.2) is 47.1 Å². The highest BCUT2D eigenvalue weighted by Crippen LogP contribution is 2.25. The lowest BCUT2D eigenvalue weighted by atomic mass is 10.1. The number of hydrogen-bond acceptors (Lipinski definition) is 4. The predicted octanol–water partition coefficient (Wildman–Crippen LogP) is 2.01. The Balaban J connectivity index is 1.50. The van der Waals surface area contributed by atoms with Crippen LogP contribution in [0.1, 0.15) is 24.7 Å². The predicted molar refractivity (Wildman–Crippen MR) is 88.2 cm³/mol. The zero-order valence-corrected chi connectivity index (χ0v) is 13.5. The average molecular weight is 346 g/mol. The van der Waals surface area contributed by atoms with E-state index in [2.05, 4.69) is 5.32 Å². The third kappa shape index (κ3) is 4.06. The van der Waals surface area contributed by atoms with E-state index in [0.717, 1.165) is 0 Å². The fourth-order valence-corrected chi connectivity index (χ4v) is 2.85. The Hall–Kier alpha value is -2.67. The molecule has 1 aromatic carbocycles. The van der Waals surface area contributed by atoms with Crippen molar-refractivity contribution < 1.29 is 23.5 Å². The number of carbonyl (C=O) groups excluding carboxylic acids is 2. The van der Waals surface area contributed by atoms with Crippen LogP contribution >= 0.6 is 0 Å². The number of aliphatic hydroxyl groups excluding tert-OH is 1. The van der Waals surface area contributed by atoms with Crippen molar-refractivity contribution in [3.05, 3.63) is 54.2 Å². The summed E-state index contributed by atoms with van der Waals surface area (Å²) in [6, 6.07) is 8.96. The van der Waals surface area contributed by atoms with Crippen LogP contribution in [0.5, 0.6) is 0 Å². The topological polar surface area (TPSA) is 82.8 Å². The van der Waals surface area contributed by atoms with Crippen molar-refractivity contribution in [3.8, 4) is 0 Å². The van der Waals surface area contributed by atoms with Crippen LogP contribution in [0.4, 0.5) is 10.1 Å². The van der Waals surface area contributed by atoms with Gasteiger partial charge in [0.15, 0.2) is 0 Å².